The number of amides is 1. The summed E-state index contributed by atoms with van der Waals surface area (Å²) in [4.78, 5) is 12.0. The molecule has 0 unspecified atom stereocenters. The number of nitrogens with one attached hydrogen (secondary N) is 2. The Morgan fingerprint density at radius 3 is 3.06 bits per heavy atom. The highest BCUT2D eigenvalue weighted by molar-refractivity contribution is 6.05. The van der Waals surface area contributed by atoms with E-state index < -0.39 is 0 Å². The van der Waals surface area contributed by atoms with Crippen LogP contribution in [0.1, 0.15) is 10.4 Å². The van der Waals surface area contributed by atoms with Crippen molar-refractivity contribution in [3.05, 3.63) is 42.4 Å². The molecule has 0 bridgehead atoms. The first-order valence-corrected chi connectivity index (χ1v) is 5.45. The van der Waals surface area contributed by atoms with Gasteiger partial charge in [-0.25, -0.2) is 0 Å². The molecule has 2 aromatic heterocycles. The highest BCUT2D eigenvalue weighted by atomic mass is 16.1. The van der Waals surface area contributed by atoms with E-state index in [1.165, 1.54) is 0 Å². The molecule has 0 radical (unpaired) electrons. The van der Waals surface area contributed by atoms with Gasteiger partial charge in [-0.05, 0) is 12.1 Å². The minimum atomic E-state index is -0.167. The van der Waals surface area contributed by atoms with Crippen LogP contribution in [0.3, 0.4) is 0 Å². The number of carbonyl (C=O) groups is 1. The Labute approximate surface area is 103 Å². The van der Waals surface area contributed by atoms with Gasteiger partial charge in [0.1, 0.15) is 0 Å². The lowest BCUT2D eigenvalue weighted by molar-refractivity contribution is 0.102. The Bertz CT molecular complexity index is 712. The summed E-state index contributed by atoms with van der Waals surface area (Å²) in [6.07, 6.45) is 5.07. The summed E-state index contributed by atoms with van der Waals surface area (Å²) < 4.78 is 1.63. The average molecular weight is 241 g/mol. The molecule has 2 N–H and O–H groups in total. The molecule has 3 aromatic rings. The molecule has 6 nitrogen and oxygen atoms in total. The third kappa shape index (κ3) is 1.84. The lowest BCUT2D eigenvalue weighted by atomic mass is 10.1. The number of nitrogens with zero attached hydrogens (tertiary/aromatic N) is 3. The lowest BCUT2D eigenvalue weighted by Crippen LogP contribution is -2.11. The van der Waals surface area contributed by atoms with Crippen LogP contribution in [0, 0.1) is 0 Å². The van der Waals surface area contributed by atoms with Crippen LogP contribution >= 0.6 is 0 Å². The molecule has 90 valence electrons. The van der Waals surface area contributed by atoms with Crippen LogP contribution in [0.2, 0.25) is 0 Å². The first-order valence-electron chi connectivity index (χ1n) is 5.45. The summed E-state index contributed by atoms with van der Waals surface area (Å²) in [5, 5.41) is 14.5. The number of benzene rings is 1. The second kappa shape index (κ2) is 3.99. The van der Waals surface area contributed by atoms with Gasteiger partial charge in [0.25, 0.3) is 5.91 Å². The van der Waals surface area contributed by atoms with Crippen molar-refractivity contribution in [1.82, 2.24) is 20.0 Å². The molecular weight excluding hydrogens is 230 g/mol. The molecule has 0 spiro atoms. The quantitative estimate of drug-likeness (QED) is 0.714. The van der Waals surface area contributed by atoms with E-state index >= 15 is 0 Å². The van der Waals surface area contributed by atoms with E-state index in [4.69, 9.17) is 0 Å². The third-order valence-corrected chi connectivity index (χ3v) is 2.67. The number of hydrogen-bond acceptors (Lipinski definition) is 3. The largest absolute Gasteiger partial charge is 0.319 e. The topological polar surface area (TPSA) is 75.6 Å². The summed E-state index contributed by atoms with van der Waals surface area (Å²) >= 11 is 0. The van der Waals surface area contributed by atoms with Crippen LogP contribution in [0.4, 0.5) is 5.69 Å². The Hall–Kier alpha value is -2.63. The Morgan fingerprint density at radius 1 is 1.39 bits per heavy atom. The molecule has 6 heteroatoms. The predicted octanol–water partition coefficient (Wildman–Crippen LogP) is 1.55. The summed E-state index contributed by atoms with van der Waals surface area (Å²) in [6, 6.07) is 5.40. The van der Waals surface area contributed by atoms with Crippen molar-refractivity contribution in [2.75, 3.05) is 5.32 Å². The predicted molar refractivity (Wildman–Crippen MR) is 67.3 cm³/mol. The Balaban J connectivity index is 1.87. The maximum absolute atomic E-state index is 12.0. The number of hydrogen-bond donors (Lipinski definition) is 2. The fourth-order valence-corrected chi connectivity index (χ4v) is 1.77. The second-order valence-corrected chi connectivity index (χ2v) is 4.03. The van der Waals surface area contributed by atoms with Crippen molar-refractivity contribution in [3.8, 4) is 0 Å². The number of aromatic amines is 1. The van der Waals surface area contributed by atoms with Gasteiger partial charge in [0.2, 0.25) is 0 Å². The summed E-state index contributed by atoms with van der Waals surface area (Å²) in [6.45, 7) is 0. The van der Waals surface area contributed by atoms with Gasteiger partial charge in [0, 0.05) is 24.2 Å². The van der Waals surface area contributed by atoms with Gasteiger partial charge < -0.3 is 5.32 Å². The monoisotopic (exact) mass is 241 g/mol. The van der Waals surface area contributed by atoms with E-state index in [1.807, 2.05) is 6.07 Å². The molecule has 0 aliphatic heterocycles. The first kappa shape index (κ1) is 10.5. The van der Waals surface area contributed by atoms with Gasteiger partial charge in [0.05, 0.1) is 23.6 Å². The number of H-pyrrole nitrogens is 1. The normalized spacial score (nSPS) is 10.7. The maximum Gasteiger partial charge on any atom is 0.255 e. The fraction of sp³-hybridized carbons (Fsp3) is 0.0833. The van der Waals surface area contributed by atoms with Crippen molar-refractivity contribution in [1.29, 1.82) is 0 Å². The standard InChI is InChI=1S/C12H11N5O/c1-17-7-10(6-14-17)15-12(18)8-2-3-9-5-13-16-11(9)4-8/h2-7H,1H3,(H,13,16)(H,15,18). The zero-order chi connectivity index (χ0) is 12.5. The number of aryl methyl sites for hydroxylation is 1. The molecule has 0 saturated carbocycles. The minimum absolute atomic E-state index is 0.167. The molecule has 0 atom stereocenters. The smallest absolute Gasteiger partial charge is 0.255 e. The summed E-state index contributed by atoms with van der Waals surface area (Å²) in [5.74, 6) is -0.167. The molecule has 3 rings (SSSR count). The third-order valence-electron chi connectivity index (χ3n) is 2.67. The molecule has 1 amide bonds. The molecule has 1 aromatic carbocycles. The Kier molecular flexibility index (Phi) is 2.33. The van der Waals surface area contributed by atoms with Crippen molar-refractivity contribution >= 4 is 22.5 Å². The van der Waals surface area contributed by atoms with Crippen molar-refractivity contribution < 1.29 is 4.79 Å². The molecule has 0 saturated heterocycles. The van der Waals surface area contributed by atoms with Crippen LogP contribution in [-0.4, -0.2) is 25.9 Å². The summed E-state index contributed by atoms with van der Waals surface area (Å²) in [5.41, 5.74) is 2.09. The average Bonchev–Trinajstić information content (AvgIpc) is 2.96. The highest BCUT2D eigenvalue weighted by Gasteiger charge is 2.08. The maximum atomic E-state index is 12.0. The second-order valence-electron chi connectivity index (χ2n) is 4.03. The Morgan fingerprint density at radius 2 is 2.28 bits per heavy atom. The van der Waals surface area contributed by atoms with Gasteiger partial charge in [0.15, 0.2) is 0 Å². The molecule has 0 fully saturated rings. The summed E-state index contributed by atoms with van der Waals surface area (Å²) in [7, 11) is 1.80. The number of carbonyl (C=O) groups excluding carboxylic acids is 1. The number of rotatable bonds is 2. The zero-order valence-electron chi connectivity index (χ0n) is 9.71. The van der Waals surface area contributed by atoms with E-state index in [2.05, 4.69) is 20.6 Å². The SMILES string of the molecule is Cn1cc(NC(=O)c2ccc3cn[nH]c3c2)cn1. The molecule has 2 heterocycles. The van der Waals surface area contributed by atoms with E-state index in [-0.39, 0.29) is 5.91 Å². The molecule has 0 aliphatic rings. The van der Waals surface area contributed by atoms with Crippen molar-refractivity contribution in [3.63, 3.8) is 0 Å². The number of anilines is 1. The molecule has 18 heavy (non-hydrogen) atoms. The van der Waals surface area contributed by atoms with E-state index in [1.54, 1.807) is 42.5 Å². The first-order chi connectivity index (χ1) is 8.72. The van der Waals surface area contributed by atoms with Gasteiger partial charge in [-0.1, -0.05) is 6.07 Å². The van der Waals surface area contributed by atoms with E-state index in [0.29, 0.717) is 11.3 Å². The van der Waals surface area contributed by atoms with Crippen LogP contribution in [-0.2, 0) is 7.05 Å². The van der Waals surface area contributed by atoms with Gasteiger partial charge >= 0.3 is 0 Å². The van der Waals surface area contributed by atoms with Gasteiger partial charge in [-0.15, -0.1) is 0 Å². The van der Waals surface area contributed by atoms with Crippen LogP contribution < -0.4 is 5.32 Å². The highest BCUT2D eigenvalue weighted by Crippen LogP contribution is 2.14. The van der Waals surface area contributed by atoms with Gasteiger partial charge in [-0.2, -0.15) is 10.2 Å². The molecule has 0 aliphatic carbocycles. The number of aromatic nitrogens is 4. The van der Waals surface area contributed by atoms with Crippen LogP contribution in [0.5, 0.6) is 0 Å². The van der Waals surface area contributed by atoms with Gasteiger partial charge in [-0.3, -0.25) is 14.6 Å². The minimum Gasteiger partial charge on any atom is -0.319 e. The van der Waals surface area contributed by atoms with Crippen LogP contribution in [0.15, 0.2) is 36.8 Å². The van der Waals surface area contributed by atoms with E-state index in [0.717, 1.165) is 10.9 Å². The van der Waals surface area contributed by atoms with Crippen molar-refractivity contribution in [2.45, 2.75) is 0 Å². The lowest BCUT2D eigenvalue weighted by Gasteiger charge is -2.02. The fourth-order valence-electron chi connectivity index (χ4n) is 1.77. The molecular formula is C12H11N5O. The zero-order valence-corrected chi connectivity index (χ0v) is 9.71. The van der Waals surface area contributed by atoms with E-state index in [9.17, 15) is 4.79 Å². The number of fused-ring (bicyclic) bond motifs is 1. The van der Waals surface area contributed by atoms with Crippen LogP contribution in [0.25, 0.3) is 10.9 Å². The van der Waals surface area contributed by atoms with Crippen molar-refractivity contribution in [2.24, 2.45) is 7.05 Å².